The second-order valence-electron chi connectivity index (χ2n) is 12.0. The standard InChI is InChI=1S/C30H35NO2.C7H9N/c1-4-10-25(11-5-1)18-31-28-16-29(17-28)21-30(22-29,23-32-19-26-12-6-2-7-13-26)24-33-20-27-14-8-3-9-15-27;8-6-7-4-2-1-3-5-7/h1-15,28,31H,16-24H2;1-5H,6,8H2. The van der Waals surface area contributed by atoms with Gasteiger partial charge in [-0.05, 0) is 53.4 Å². The van der Waals surface area contributed by atoms with Crippen LogP contribution in [0.15, 0.2) is 121 Å². The summed E-state index contributed by atoms with van der Waals surface area (Å²) in [4.78, 5) is 0. The number of nitrogens with one attached hydrogen (secondary N) is 1. The summed E-state index contributed by atoms with van der Waals surface area (Å²) in [6, 6.07) is 42.3. The molecule has 1 spiro atoms. The number of hydrogen-bond acceptors (Lipinski definition) is 4. The average molecular weight is 549 g/mol. The minimum absolute atomic E-state index is 0.147. The molecule has 0 atom stereocenters. The maximum absolute atomic E-state index is 6.23. The highest BCUT2D eigenvalue weighted by Crippen LogP contribution is 2.64. The summed E-state index contributed by atoms with van der Waals surface area (Å²) in [5, 5.41) is 3.75. The molecule has 0 bridgehead atoms. The Hall–Kier alpha value is -3.28. The van der Waals surface area contributed by atoms with Crippen molar-refractivity contribution in [1.82, 2.24) is 5.32 Å². The van der Waals surface area contributed by atoms with Crippen molar-refractivity contribution in [3.05, 3.63) is 144 Å². The first-order valence-corrected chi connectivity index (χ1v) is 14.9. The van der Waals surface area contributed by atoms with Crippen molar-refractivity contribution in [2.24, 2.45) is 16.6 Å². The van der Waals surface area contributed by atoms with E-state index in [0.717, 1.165) is 19.8 Å². The van der Waals surface area contributed by atoms with Crippen LogP contribution in [0.25, 0.3) is 0 Å². The van der Waals surface area contributed by atoms with Gasteiger partial charge in [0.25, 0.3) is 0 Å². The van der Waals surface area contributed by atoms with E-state index in [-0.39, 0.29) is 5.41 Å². The molecule has 4 heteroatoms. The van der Waals surface area contributed by atoms with Crippen molar-refractivity contribution >= 4 is 0 Å². The predicted molar refractivity (Wildman–Crippen MR) is 167 cm³/mol. The molecule has 41 heavy (non-hydrogen) atoms. The second kappa shape index (κ2) is 14.6. The number of hydrogen-bond donors (Lipinski definition) is 2. The van der Waals surface area contributed by atoms with E-state index in [2.05, 4.69) is 96.3 Å². The third kappa shape index (κ3) is 8.61. The van der Waals surface area contributed by atoms with Gasteiger partial charge in [0.1, 0.15) is 0 Å². The molecule has 4 aromatic rings. The summed E-state index contributed by atoms with van der Waals surface area (Å²) in [5.74, 6) is 0. The molecule has 2 fully saturated rings. The van der Waals surface area contributed by atoms with E-state index in [9.17, 15) is 0 Å². The lowest BCUT2D eigenvalue weighted by Crippen LogP contribution is -2.61. The van der Waals surface area contributed by atoms with Gasteiger partial charge in [-0.3, -0.25) is 0 Å². The first kappa shape index (κ1) is 29.2. The molecule has 0 aliphatic heterocycles. The van der Waals surface area contributed by atoms with Gasteiger partial charge in [-0.1, -0.05) is 121 Å². The first-order valence-electron chi connectivity index (χ1n) is 14.9. The highest BCUT2D eigenvalue weighted by molar-refractivity contribution is 5.18. The van der Waals surface area contributed by atoms with Crippen molar-refractivity contribution in [3.63, 3.8) is 0 Å². The Balaban J connectivity index is 0.000000365. The Kier molecular flexibility index (Phi) is 10.4. The third-order valence-corrected chi connectivity index (χ3v) is 8.41. The summed E-state index contributed by atoms with van der Waals surface area (Å²) in [7, 11) is 0. The van der Waals surface area contributed by atoms with Gasteiger partial charge in [-0.15, -0.1) is 0 Å². The zero-order valence-electron chi connectivity index (χ0n) is 24.1. The summed E-state index contributed by atoms with van der Waals surface area (Å²) in [6.45, 7) is 4.51. The molecule has 4 nitrogen and oxygen atoms in total. The molecular weight excluding hydrogens is 504 g/mol. The first-order chi connectivity index (χ1) is 20.2. The lowest BCUT2D eigenvalue weighted by Gasteiger charge is -2.63. The van der Waals surface area contributed by atoms with Gasteiger partial charge in [-0.25, -0.2) is 0 Å². The van der Waals surface area contributed by atoms with Crippen molar-refractivity contribution in [1.29, 1.82) is 0 Å². The highest BCUT2D eigenvalue weighted by atomic mass is 16.5. The van der Waals surface area contributed by atoms with Gasteiger partial charge in [0.2, 0.25) is 0 Å². The highest BCUT2D eigenvalue weighted by Gasteiger charge is 2.60. The molecule has 6 rings (SSSR count). The van der Waals surface area contributed by atoms with Gasteiger partial charge in [-0.2, -0.15) is 0 Å². The second-order valence-corrected chi connectivity index (χ2v) is 12.0. The fourth-order valence-electron chi connectivity index (χ4n) is 6.60. The molecule has 0 radical (unpaired) electrons. The monoisotopic (exact) mass is 548 g/mol. The van der Waals surface area contributed by atoms with E-state index in [1.807, 2.05) is 30.3 Å². The van der Waals surface area contributed by atoms with Gasteiger partial charge in [0.15, 0.2) is 0 Å². The van der Waals surface area contributed by atoms with Crippen LogP contribution < -0.4 is 11.1 Å². The van der Waals surface area contributed by atoms with Crippen molar-refractivity contribution in [2.75, 3.05) is 13.2 Å². The van der Waals surface area contributed by atoms with Crippen LogP contribution in [0.3, 0.4) is 0 Å². The van der Waals surface area contributed by atoms with Crippen LogP contribution in [-0.2, 0) is 35.8 Å². The fourth-order valence-corrected chi connectivity index (χ4v) is 6.60. The molecule has 4 aromatic carbocycles. The molecule has 0 unspecified atom stereocenters. The van der Waals surface area contributed by atoms with E-state index >= 15 is 0 Å². The molecule has 0 amide bonds. The summed E-state index contributed by atoms with van der Waals surface area (Å²) in [6.07, 6.45) is 4.98. The zero-order chi connectivity index (χ0) is 28.2. The Morgan fingerprint density at radius 2 is 1.00 bits per heavy atom. The van der Waals surface area contributed by atoms with Crippen LogP contribution in [0.4, 0.5) is 0 Å². The molecule has 0 aromatic heterocycles. The largest absolute Gasteiger partial charge is 0.376 e. The van der Waals surface area contributed by atoms with Crippen LogP contribution >= 0.6 is 0 Å². The lowest BCUT2D eigenvalue weighted by molar-refractivity contribution is -0.176. The molecule has 0 saturated heterocycles. The Morgan fingerprint density at radius 3 is 1.41 bits per heavy atom. The molecule has 2 saturated carbocycles. The number of rotatable bonds is 12. The van der Waals surface area contributed by atoms with Gasteiger partial charge in [0.05, 0.1) is 26.4 Å². The third-order valence-electron chi connectivity index (χ3n) is 8.41. The minimum atomic E-state index is 0.147. The van der Waals surface area contributed by atoms with E-state index in [1.54, 1.807) is 0 Å². The Morgan fingerprint density at radius 1 is 0.585 bits per heavy atom. The Bertz CT molecular complexity index is 1220. The normalized spacial score (nSPS) is 16.7. The SMILES string of the molecule is NCc1ccccc1.c1ccc(CNC2CC3(C2)CC(COCc2ccccc2)(COCc2ccccc2)C3)cc1. The van der Waals surface area contributed by atoms with Crippen LogP contribution in [0, 0.1) is 10.8 Å². The summed E-state index contributed by atoms with van der Waals surface area (Å²) < 4.78 is 12.5. The molecule has 2 aliphatic carbocycles. The summed E-state index contributed by atoms with van der Waals surface area (Å²) >= 11 is 0. The van der Waals surface area contributed by atoms with E-state index in [1.165, 1.54) is 47.9 Å². The maximum atomic E-state index is 6.23. The van der Waals surface area contributed by atoms with Gasteiger partial charge < -0.3 is 20.5 Å². The van der Waals surface area contributed by atoms with Crippen molar-refractivity contribution in [3.8, 4) is 0 Å². The van der Waals surface area contributed by atoms with Gasteiger partial charge in [0, 0.05) is 24.5 Å². The molecule has 2 aliphatic rings. The summed E-state index contributed by atoms with van der Waals surface area (Å²) in [5.41, 5.74) is 11.0. The van der Waals surface area contributed by atoms with Crippen molar-refractivity contribution in [2.45, 2.75) is 58.0 Å². The van der Waals surface area contributed by atoms with Crippen LogP contribution in [0.5, 0.6) is 0 Å². The lowest BCUT2D eigenvalue weighted by atomic mass is 9.44. The Labute approximate surface area is 245 Å². The van der Waals surface area contributed by atoms with Crippen LogP contribution in [0.1, 0.15) is 47.9 Å². The minimum Gasteiger partial charge on any atom is -0.376 e. The topological polar surface area (TPSA) is 56.5 Å². The van der Waals surface area contributed by atoms with Gasteiger partial charge >= 0.3 is 0 Å². The van der Waals surface area contributed by atoms with Crippen LogP contribution in [0.2, 0.25) is 0 Å². The maximum Gasteiger partial charge on any atom is 0.0717 e. The average Bonchev–Trinajstić information content (AvgIpc) is 3.00. The molecular formula is C37H44N2O2. The smallest absolute Gasteiger partial charge is 0.0717 e. The molecule has 214 valence electrons. The number of ether oxygens (including phenoxy) is 2. The van der Waals surface area contributed by atoms with E-state index in [0.29, 0.717) is 31.2 Å². The van der Waals surface area contributed by atoms with Crippen molar-refractivity contribution < 1.29 is 9.47 Å². The number of nitrogens with two attached hydrogens (primary N) is 1. The fraction of sp³-hybridized carbons (Fsp3) is 0.351. The molecule has 3 N–H and O–H groups in total. The van der Waals surface area contributed by atoms with E-state index < -0.39 is 0 Å². The predicted octanol–water partition coefficient (Wildman–Crippen LogP) is 7.28. The number of benzene rings is 4. The van der Waals surface area contributed by atoms with Crippen LogP contribution in [-0.4, -0.2) is 19.3 Å². The molecule has 0 heterocycles. The van der Waals surface area contributed by atoms with E-state index in [4.69, 9.17) is 15.2 Å². The quantitative estimate of drug-likeness (QED) is 0.195. The zero-order valence-corrected chi connectivity index (χ0v) is 24.1.